The second kappa shape index (κ2) is 7.46. The molecular weight excluding hydrogens is 356 g/mol. The molecule has 0 unspecified atom stereocenters. The monoisotopic (exact) mass is 372 g/mol. The topological polar surface area (TPSA) is 121 Å². The quantitative estimate of drug-likeness (QED) is 0.454. The SMILES string of the molecule is Cc1nc(-c2c[nH]c(C(=O)NC[C@@H](O)c3ccc([N+](=O)[O-])cc3)c2)cs1. The molecule has 0 saturated carbocycles. The molecule has 134 valence electrons. The van der Waals surface area contributed by atoms with Crippen molar-refractivity contribution >= 4 is 22.9 Å². The third kappa shape index (κ3) is 3.95. The van der Waals surface area contributed by atoms with E-state index in [0.717, 1.165) is 16.3 Å². The van der Waals surface area contributed by atoms with Crippen molar-refractivity contribution in [1.82, 2.24) is 15.3 Å². The molecule has 0 spiro atoms. The molecule has 0 saturated heterocycles. The first-order valence-corrected chi connectivity index (χ1v) is 8.63. The standard InChI is InChI=1S/C17H16N4O4S/c1-10-20-15(9-26-10)12-6-14(18-7-12)17(23)19-8-16(22)11-2-4-13(5-3-11)21(24)25/h2-7,9,16,18,22H,8H2,1H3,(H,19,23)/t16-/m1/s1. The van der Waals surface area contributed by atoms with E-state index in [2.05, 4.69) is 15.3 Å². The summed E-state index contributed by atoms with van der Waals surface area (Å²) in [4.78, 5) is 29.6. The number of aryl methyl sites for hydroxylation is 1. The first kappa shape index (κ1) is 17.8. The summed E-state index contributed by atoms with van der Waals surface area (Å²) >= 11 is 1.53. The van der Waals surface area contributed by atoms with Crippen molar-refractivity contribution in [3.63, 3.8) is 0 Å². The van der Waals surface area contributed by atoms with E-state index in [0.29, 0.717) is 11.3 Å². The number of nitro groups is 1. The Hall–Kier alpha value is -3.04. The molecule has 3 rings (SSSR count). The number of amides is 1. The summed E-state index contributed by atoms with van der Waals surface area (Å²) in [6, 6.07) is 7.25. The van der Waals surface area contributed by atoms with E-state index in [9.17, 15) is 20.0 Å². The summed E-state index contributed by atoms with van der Waals surface area (Å²) in [5.41, 5.74) is 2.41. The molecule has 0 bridgehead atoms. The lowest BCUT2D eigenvalue weighted by Crippen LogP contribution is -2.28. The number of carbonyl (C=O) groups is 1. The van der Waals surface area contributed by atoms with Crippen LogP contribution in [-0.2, 0) is 0 Å². The third-order valence-corrected chi connectivity index (χ3v) is 4.56. The summed E-state index contributed by atoms with van der Waals surface area (Å²) in [6.45, 7) is 1.90. The molecule has 26 heavy (non-hydrogen) atoms. The predicted octanol–water partition coefficient (Wildman–Crippen LogP) is 2.82. The molecule has 0 fully saturated rings. The number of rotatable bonds is 6. The molecule has 8 nitrogen and oxygen atoms in total. The van der Waals surface area contributed by atoms with Crippen LogP contribution in [0.25, 0.3) is 11.3 Å². The van der Waals surface area contributed by atoms with Gasteiger partial charge in [-0.3, -0.25) is 14.9 Å². The maximum absolute atomic E-state index is 12.2. The summed E-state index contributed by atoms with van der Waals surface area (Å²) in [5, 5.41) is 26.3. The minimum absolute atomic E-state index is 0.0131. The lowest BCUT2D eigenvalue weighted by atomic mass is 10.1. The number of thiazole rings is 1. The van der Waals surface area contributed by atoms with Crippen LogP contribution in [0.15, 0.2) is 41.9 Å². The lowest BCUT2D eigenvalue weighted by Gasteiger charge is -2.11. The second-order valence-corrected chi connectivity index (χ2v) is 6.69. The van der Waals surface area contributed by atoms with E-state index in [1.165, 1.54) is 35.6 Å². The number of aromatic amines is 1. The molecule has 3 N–H and O–H groups in total. The van der Waals surface area contributed by atoms with Gasteiger partial charge >= 0.3 is 0 Å². The number of aromatic nitrogens is 2. The first-order chi connectivity index (χ1) is 12.4. The van der Waals surface area contributed by atoms with Gasteiger partial charge in [0.15, 0.2) is 0 Å². The summed E-state index contributed by atoms with van der Waals surface area (Å²) < 4.78 is 0. The van der Waals surface area contributed by atoms with Gasteiger partial charge in [-0.2, -0.15) is 0 Å². The van der Waals surface area contributed by atoms with Crippen molar-refractivity contribution < 1.29 is 14.8 Å². The predicted molar refractivity (Wildman–Crippen MR) is 97.0 cm³/mol. The Balaban J connectivity index is 1.60. The molecule has 0 aliphatic rings. The Bertz CT molecular complexity index is 932. The molecule has 1 atom stereocenters. The van der Waals surface area contributed by atoms with Crippen molar-refractivity contribution in [3.8, 4) is 11.3 Å². The van der Waals surface area contributed by atoms with Crippen molar-refractivity contribution in [2.24, 2.45) is 0 Å². The molecule has 2 aromatic heterocycles. The minimum atomic E-state index is -0.963. The number of non-ortho nitro benzene ring substituents is 1. The zero-order valence-electron chi connectivity index (χ0n) is 13.8. The van der Waals surface area contributed by atoms with Crippen molar-refractivity contribution in [3.05, 3.63) is 68.3 Å². The molecule has 0 aliphatic heterocycles. The number of carbonyl (C=O) groups excluding carboxylic acids is 1. The van der Waals surface area contributed by atoms with Gasteiger partial charge in [0.25, 0.3) is 11.6 Å². The van der Waals surface area contributed by atoms with Gasteiger partial charge in [-0.05, 0) is 30.7 Å². The average molecular weight is 372 g/mol. The highest BCUT2D eigenvalue weighted by molar-refractivity contribution is 7.09. The van der Waals surface area contributed by atoms with E-state index in [4.69, 9.17) is 0 Å². The van der Waals surface area contributed by atoms with Crippen LogP contribution in [0.4, 0.5) is 5.69 Å². The summed E-state index contributed by atoms with van der Waals surface area (Å²) in [5.74, 6) is -0.357. The maximum atomic E-state index is 12.2. The van der Waals surface area contributed by atoms with Gasteiger partial charge in [0.2, 0.25) is 0 Å². The van der Waals surface area contributed by atoms with Crippen LogP contribution < -0.4 is 5.32 Å². The normalized spacial score (nSPS) is 11.9. The average Bonchev–Trinajstić information content (AvgIpc) is 3.28. The zero-order chi connectivity index (χ0) is 18.7. The van der Waals surface area contributed by atoms with Crippen LogP contribution in [0.1, 0.15) is 27.2 Å². The Morgan fingerprint density at radius 3 is 2.77 bits per heavy atom. The van der Waals surface area contributed by atoms with E-state index < -0.39 is 11.0 Å². The van der Waals surface area contributed by atoms with Crippen molar-refractivity contribution in [2.45, 2.75) is 13.0 Å². The number of benzene rings is 1. The number of nitro benzene ring substituents is 1. The summed E-state index contributed by atoms with van der Waals surface area (Å²) in [6.07, 6.45) is 0.742. The first-order valence-electron chi connectivity index (χ1n) is 7.75. The van der Waals surface area contributed by atoms with Crippen LogP contribution in [-0.4, -0.2) is 32.4 Å². The molecule has 1 amide bonds. The second-order valence-electron chi connectivity index (χ2n) is 5.63. The van der Waals surface area contributed by atoms with Gasteiger partial charge in [-0.25, -0.2) is 4.98 Å². The van der Waals surface area contributed by atoms with Gasteiger partial charge in [0.1, 0.15) is 5.69 Å². The van der Waals surface area contributed by atoms with Gasteiger partial charge < -0.3 is 15.4 Å². The molecular formula is C17H16N4O4S. The third-order valence-electron chi connectivity index (χ3n) is 3.79. The van der Waals surface area contributed by atoms with E-state index in [1.807, 2.05) is 12.3 Å². The summed E-state index contributed by atoms with van der Waals surface area (Å²) in [7, 11) is 0. The van der Waals surface area contributed by atoms with Gasteiger partial charge in [0, 0.05) is 35.8 Å². The number of hydrogen-bond acceptors (Lipinski definition) is 6. The molecule has 0 radical (unpaired) electrons. The minimum Gasteiger partial charge on any atom is -0.387 e. The van der Waals surface area contributed by atoms with Gasteiger partial charge in [-0.1, -0.05) is 0 Å². The largest absolute Gasteiger partial charge is 0.387 e. The fraction of sp³-hybridized carbons (Fsp3) is 0.176. The maximum Gasteiger partial charge on any atom is 0.269 e. The fourth-order valence-corrected chi connectivity index (χ4v) is 3.01. The molecule has 2 heterocycles. The number of nitrogens with zero attached hydrogens (tertiary/aromatic N) is 2. The number of aliphatic hydroxyl groups excluding tert-OH is 1. The highest BCUT2D eigenvalue weighted by Gasteiger charge is 2.14. The van der Waals surface area contributed by atoms with E-state index in [-0.39, 0.29) is 18.1 Å². The Morgan fingerprint density at radius 1 is 1.42 bits per heavy atom. The van der Waals surface area contributed by atoms with Gasteiger partial charge in [-0.15, -0.1) is 11.3 Å². The van der Waals surface area contributed by atoms with Crippen molar-refractivity contribution in [1.29, 1.82) is 0 Å². The van der Waals surface area contributed by atoms with Gasteiger partial charge in [0.05, 0.1) is 21.7 Å². The number of aliphatic hydroxyl groups is 1. The van der Waals surface area contributed by atoms with Crippen LogP contribution in [0.5, 0.6) is 0 Å². The highest BCUT2D eigenvalue weighted by Crippen LogP contribution is 2.22. The fourth-order valence-electron chi connectivity index (χ4n) is 2.39. The lowest BCUT2D eigenvalue weighted by molar-refractivity contribution is -0.384. The molecule has 0 aliphatic carbocycles. The highest BCUT2D eigenvalue weighted by atomic mass is 32.1. The Morgan fingerprint density at radius 2 is 2.15 bits per heavy atom. The number of H-pyrrole nitrogens is 1. The molecule has 9 heteroatoms. The van der Waals surface area contributed by atoms with E-state index in [1.54, 1.807) is 12.3 Å². The number of hydrogen-bond donors (Lipinski definition) is 3. The Kier molecular flexibility index (Phi) is 5.10. The van der Waals surface area contributed by atoms with Crippen LogP contribution in [0, 0.1) is 17.0 Å². The smallest absolute Gasteiger partial charge is 0.269 e. The van der Waals surface area contributed by atoms with Crippen molar-refractivity contribution in [2.75, 3.05) is 6.54 Å². The zero-order valence-corrected chi connectivity index (χ0v) is 14.6. The van der Waals surface area contributed by atoms with Crippen LogP contribution in [0.2, 0.25) is 0 Å². The number of nitrogens with one attached hydrogen (secondary N) is 2. The molecule has 3 aromatic rings. The van der Waals surface area contributed by atoms with E-state index >= 15 is 0 Å². The molecule has 1 aromatic carbocycles. The van der Waals surface area contributed by atoms with Crippen LogP contribution in [0.3, 0.4) is 0 Å². The Labute approximate surface area is 152 Å². The van der Waals surface area contributed by atoms with Crippen LogP contribution >= 0.6 is 11.3 Å².